The van der Waals surface area contributed by atoms with Gasteiger partial charge in [-0.1, -0.05) is 12.8 Å². The van der Waals surface area contributed by atoms with Gasteiger partial charge in [-0.05, 0) is 45.6 Å². The summed E-state index contributed by atoms with van der Waals surface area (Å²) in [4.78, 5) is 16.9. The molecule has 3 rings (SSSR count). The highest BCUT2D eigenvalue weighted by Crippen LogP contribution is 2.29. The monoisotopic (exact) mass is 279 g/mol. The Bertz CT molecular complexity index is 327. The third-order valence-electron chi connectivity index (χ3n) is 5.41. The van der Waals surface area contributed by atoms with E-state index in [1.165, 1.54) is 51.4 Å². The first-order valence-corrected chi connectivity index (χ1v) is 8.46. The second-order valence-electron chi connectivity index (χ2n) is 6.97. The molecule has 0 aromatic heterocycles. The summed E-state index contributed by atoms with van der Waals surface area (Å²) in [6.07, 6.45) is 10.1. The number of rotatable bonds is 3. The van der Waals surface area contributed by atoms with Gasteiger partial charge in [-0.3, -0.25) is 9.69 Å². The van der Waals surface area contributed by atoms with Crippen LogP contribution in [0.1, 0.15) is 51.4 Å². The third kappa shape index (κ3) is 3.34. The van der Waals surface area contributed by atoms with Crippen molar-refractivity contribution in [3.8, 4) is 0 Å². The lowest BCUT2D eigenvalue weighted by Gasteiger charge is -2.36. The van der Waals surface area contributed by atoms with E-state index in [1.807, 2.05) is 0 Å². The molecule has 4 nitrogen and oxygen atoms in total. The predicted octanol–water partition coefficient (Wildman–Crippen LogP) is 1.60. The number of piperidine rings is 1. The van der Waals surface area contributed by atoms with Crippen LogP contribution in [0.4, 0.5) is 0 Å². The average Bonchev–Trinajstić information content (AvgIpc) is 2.69. The summed E-state index contributed by atoms with van der Waals surface area (Å²) in [5.74, 6) is 0.347. The number of hydrogen-bond donors (Lipinski definition) is 1. The summed E-state index contributed by atoms with van der Waals surface area (Å²) in [6, 6.07) is 2.01. The number of likely N-dealkylation sites (N-methyl/N-ethyl adjacent to an activating group) is 1. The molecular formula is C16H29N3O. The maximum absolute atomic E-state index is 12.5. The zero-order valence-electron chi connectivity index (χ0n) is 12.8. The summed E-state index contributed by atoms with van der Waals surface area (Å²) in [5.41, 5.74) is 0. The van der Waals surface area contributed by atoms with E-state index in [2.05, 4.69) is 22.2 Å². The Morgan fingerprint density at radius 3 is 2.30 bits per heavy atom. The first kappa shape index (κ1) is 14.3. The quantitative estimate of drug-likeness (QED) is 0.852. The van der Waals surface area contributed by atoms with Crippen LogP contribution in [-0.2, 0) is 4.79 Å². The van der Waals surface area contributed by atoms with Crippen molar-refractivity contribution in [2.24, 2.45) is 0 Å². The lowest BCUT2D eigenvalue weighted by Crippen LogP contribution is -2.50. The molecule has 0 radical (unpaired) electrons. The first-order valence-electron chi connectivity index (χ1n) is 8.46. The van der Waals surface area contributed by atoms with Gasteiger partial charge in [0, 0.05) is 31.2 Å². The van der Waals surface area contributed by atoms with Crippen LogP contribution in [-0.4, -0.2) is 60.5 Å². The van der Waals surface area contributed by atoms with Crippen molar-refractivity contribution in [1.82, 2.24) is 15.1 Å². The van der Waals surface area contributed by atoms with Crippen molar-refractivity contribution in [1.29, 1.82) is 0 Å². The van der Waals surface area contributed by atoms with Gasteiger partial charge >= 0.3 is 0 Å². The summed E-state index contributed by atoms with van der Waals surface area (Å²) >= 11 is 0. The second-order valence-corrected chi connectivity index (χ2v) is 6.97. The number of fused-ring (bicyclic) bond motifs is 2. The van der Waals surface area contributed by atoms with Crippen molar-refractivity contribution in [2.75, 3.05) is 26.7 Å². The number of carbonyl (C=O) groups is 1. The Balaban J connectivity index is 1.50. The molecular weight excluding hydrogens is 250 g/mol. The summed E-state index contributed by atoms with van der Waals surface area (Å²) in [6.45, 7) is 2.57. The number of nitrogens with one attached hydrogen (secondary N) is 1. The Morgan fingerprint density at radius 2 is 1.70 bits per heavy atom. The van der Waals surface area contributed by atoms with E-state index in [1.54, 1.807) is 0 Å². The Kier molecular flexibility index (Phi) is 4.61. The van der Waals surface area contributed by atoms with E-state index in [0.717, 1.165) is 13.1 Å². The molecule has 3 heterocycles. The molecule has 0 aromatic carbocycles. The molecule has 0 aromatic rings. The van der Waals surface area contributed by atoms with Gasteiger partial charge in [0.25, 0.3) is 0 Å². The van der Waals surface area contributed by atoms with Crippen LogP contribution >= 0.6 is 0 Å². The molecule has 0 saturated carbocycles. The highest BCUT2D eigenvalue weighted by atomic mass is 16.2. The molecule has 0 spiro atoms. The molecule has 2 bridgehead atoms. The molecule has 0 aliphatic carbocycles. The Hall–Kier alpha value is -0.610. The molecule has 114 valence electrons. The molecule has 20 heavy (non-hydrogen) atoms. The molecule has 4 heteroatoms. The number of carbonyl (C=O) groups excluding carboxylic acids is 1. The van der Waals surface area contributed by atoms with E-state index >= 15 is 0 Å². The standard InChI is InChI=1S/C16H29N3O/c1-18(15-10-13-6-7-14(11-15)17-13)12-16(20)19-8-4-2-3-5-9-19/h13-15,17H,2-12H2,1H3. The van der Waals surface area contributed by atoms with E-state index < -0.39 is 0 Å². The molecule has 3 aliphatic heterocycles. The van der Waals surface area contributed by atoms with Gasteiger partial charge in [0.05, 0.1) is 6.54 Å². The van der Waals surface area contributed by atoms with Crippen molar-refractivity contribution in [3.05, 3.63) is 0 Å². The average molecular weight is 279 g/mol. The molecule has 1 N–H and O–H groups in total. The minimum Gasteiger partial charge on any atom is -0.342 e. The van der Waals surface area contributed by atoms with Crippen LogP contribution in [0.25, 0.3) is 0 Å². The zero-order valence-corrected chi connectivity index (χ0v) is 12.8. The number of amides is 1. The molecule has 2 unspecified atom stereocenters. The van der Waals surface area contributed by atoms with E-state index in [4.69, 9.17) is 0 Å². The lowest BCUT2D eigenvalue weighted by atomic mass is 9.98. The van der Waals surface area contributed by atoms with Gasteiger partial charge < -0.3 is 10.2 Å². The van der Waals surface area contributed by atoms with Gasteiger partial charge in [-0.25, -0.2) is 0 Å². The SMILES string of the molecule is CN(CC(=O)N1CCCCCC1)C1CC2CCC(C1)N2. The molecule has 2 atom stereocenters. The van der Waals surface area contributed by atoms with Crippen molar-refractivity contribution < 1.29 is 4.79 Å². The van der Waals surface area contributed by atoms with Crippen molar-refractivity contribution in [2.45, 2.75) is 69.5 Å². The number of hydrogen-bond acceptors (Lipinski definition) is 3. The fourth-order valence-corrected chi connectivity index (χ4v) is 4.15. The maximum Gasteiger partial charge on any atom is 0.236 e. The van der Waals surface area contributed by atoms with Gasteiger partial charge in [0.1, 0.15) is 0 Å². The lowest BCUT2D eigenvalue weighted by molar-refractivity contribution is -0.132. The van der Waals surface area contributed by atoms with Crippen molar-refractivity contribution in [3.63, 3.8) is 0 Å². The van der Waals surface area contributed by atoms with Crippen LogP contribution in [0.15, 0.2) is 0 Å². The predicted molar refractivity (Wildman–Crippen MR) is 80.6 cm³/mol. The van der Waals surface area contributed by atoms with Gasteiger partial charge in [-0.2, -0.15) is 0 Å². The fourth-order valence-electron chi connectivity index (χ4n) is 4.15. The van der Waals surface area contributed by atoms with Crippen LogP contribution in [0, 0.1) is 0 Å². The molecule has 3 fully saturated rings. The van der Waals surface area contributed by atoms with Gasteiger partial charge in [-0.15, -0.1) is 0 Å². The van der Waals surface area contributed by atoms with E-state index in [9.17, 15) is 4.79 Å². The first-order chi connectivity index (χ1) is 9.72. The normalized spacial score (nSPS) is 34.3. The van der Waals surface area contributed by atoms with E-state index in [-0.39, 0.29) is 0 Å². The Morgan fingerprint density at radius 1 is 1.10 bits per heavy atom. The number of nitrogens with zero attached hydrogens (tertiary/aromatic N) is 2. The molecule has 3 aliphatic rings. The largest absolute Gasteiger partial charge is 0.342 e. The zero-order chi connectivity index (χ0) is 13.9. The molecule has 3 saturated heterocycles. The van der Waals surface area contributed by atoms with Gasteiger partial charge in [0.15, 0.2) is 0 Å². The summed E-state index contributed by atoms with van der Waals surface area (Å²) < 4.78 is 0. The molecule has 1 amide bonds. The highest BCUT2D eigenvalue weighted by molar-refractivity contribution is 5.78. The van der Waals surface area contributed by atoms with Crippen molar-refractivity contribution >= 4 is 5.91 Å². The maximum atomic E-state index is 12.5. The minimum atomic E-state index is 0.347. The third-order valence-corrected chi connectivity index (χ3v) is 5.41. The second kappa shape index (κ2) is 6.44. The summed E-state index contributed by atoms with van der Waals surface area (Å²) in [5, 5.41) is 3.68. The highest BCUT2D eigenvalue weighted by Gasteiger charge is 2.35. The van der Waals surface area contributed by atoms with Crippen LogP contribution < -0.4 is 5.32 Å². The smallest absolute Gasteiger partial charge is 0.236 e. The van der Waals surface area contributed by atoms with Crippen LogP contribution in [0.3, 0.4) is 0 Å². The topological polar surface area (TPSA) is 35.6 Å². The van der Waals surface area contributed by atoms with Crippen LogP contribution in [0.2, 0.25) is 0 Å². The van der Waals surface area contributed by atoms with E-state index in [0.29, 0.717) is 30.6 Å². The Labute approximate surface area is 122 Å². The van der Waals surface area contributed by atoms with Gasteiger partial charge in [0.2, 0.25) is 5.91 Å². The minimum absolute atomic E-state index is 0.347. The number of likely N-dealkylation sites (tertiary alicyclic amines) is 1. The van der Waals surface area contributed by atoms with Crippen LogP contribution in [0.5, 0.6) is 0 Å². The fraction of sp³-hybridized carbons (Fsp3) is 0.938. The summed E-state index contributed by atoms with van der Waals surface area (Å²) in [7, 11) is 2.14.